The van der Waals surface area contributed by atoms with Crippen LogP contribution in [0.2, 0.25) is 0 Å². The van der Waals surface area contributed by atoms with Crippen LogP contribution in [-0.4, -0.2) is 17.6 Å². The van der Waals surface area contributed by atoms with Crippen molar-refractivity contribution in [2.75, 3.05) is 6.54 Å². The molecule has 1 aliphatic carbocycles. The van der Waals surface area contributed by atoms with Gasteiger partial charge in [-0.3, -0.25) is 4.79 Å². The fourth-order valence-corrected chi connectivity index (χ4v) is 2.19. The standard InChI is InChI=1S/C14H15N3O2/c15-17-16-10-4-3-6-11-5-1-2-7-12(11)14(8-9-14)13(18)19/h1-3,5-7H,4,8-10H2,(H,18,19). The second kappa shape index (κ2) is 5.59. The monoisotopic (exact) mass is 257 g/mol. The highest BCUT2D eigenvalue weighted by Gasteiger charge is 2.52. The third kappa shape index (κ3) is 2.77. The zero-order valence-corrected chi connectivity index (χ0v) is 10.5. The topological polar surface area (TPSA) is 86.1 Å². The Hall–Kier alpha value is -2.26. The van der Waals surface area contributed by atoms with Gasteiger partial charge >= 0.3 is 5.97 Å². The summed E-state index contributed by atoms with van der Waals surface area (Å²) in [5.74, 6) is -0.748. The van der Waals surface area contributed by atoms with E-state index in [-0.39, 0.29) is 0 Å². The number of azide groups is 1. The Morgan fingerprint density at radius 1 is 1.47 bits per heavy atom. The summed E-state index contributed by atoms with van der Waals surface area (Å²) in [6, 6.07) is 7.57. The number of aliphatic carboxylic acids is 1. The summed E-state index contributed by atoms with van der Waals surface area (Å²) in [4.78, 5) is 14.1. The van der Waals surface area contributed by atoms with Crippen molar-refractivity contribution in [1.29, 1.82) is 0 Å². The Morgan fingerprint density at radius 3 is 2.84 bits per heavy atom. The lowest BCUT2D eigenvalue weighted by molar-refractivity contribution is -0.140. The summed E-state index contributed by atoms with van der Waals surface area (Å²) >= 11 is 0. The van der Waals surface area contributed by atoms with Crippen LogP contribution in [0.4, 0.5) is 0 Å². The zero-order chi connectivity index (χ0) is 13.7. The molecule has 1 aromatic rings. The second-order valence-electron chi connectivity index (χ2n) is 4.62. The third-order valence-corrected chi connectivity index (χ3v) is 3.39. The molecule has 98 valence electrons. The van der Waals surface area contributed by atoms with E-state index in [0.29, 0.717) is 25.8 Å². The number of hydrogen-bond donors (Lipinski definition) is 1. The van der Waals surface area contributed by atoms with E-state index < -0.39 is 11.4 Å². The SMILES string of the molecule is [N-]=[N+]=NCCC=Cc1ccccc1C1(C(=O)O)CC1. The molecule has 1 aliphatic rings. The molecule has 0 radical (unpaired) electrons. The number of carboxylic acid groups (broad SMARTS) is 1. The Bertz CT molecular complexity index is 556. The molecule has 0 unspecified atom stereocenters. The van der Waals surface area contributed by atoms with E-state index in [1.807, 2.05) is 36.4 Å². The van der Waals surface area contributed by atoms with Crippen molar-refractivity contribution in [2.24, 2.45) is 5.11 Å². The molecule has 0 saturated heterocycles. The molecule has 0 amide bonds. The lowest BCUT2D eigenvalue weighted by atomic mass is 9.91. The lowest BCUT2D eigenvalue weighted by Gasteiger charge is -2.13. The Labute approximate surface area is 111 Å². The van der Waals surface area contributed by atoms with Crippen molar-refractivity contribution in [1.82, 2.24) is 0 Å². The van der Waals surface area contributed by atoms with Gasteiger partial charge in [0.05, 0.1) is 5.41 Å². The van der Waals surface area contributed by atoms with Crippen molar-refractivity contribution < 1.29 is 9.90 Å². The molecule has 2 rings (SSSR count). The van der Waals surface area contributed by atoms with Crippen LogP contribution >= 0.6 is 0 Å². The Morgan fingerprint density at radius 2 is 2.21 bits per heavy atom. The maximum atomic E-state index is 11.4. The van der Waals surface area contributed by atoms with Gasteiger partial charge in [0.1, 0.15) is 0 Å². The Kier molecular flexibility index (Phi) is 3.88. The molecule has 1 aromatic carbocycles. The van der Waals surface area contributed by atoms with Crippen molar-refractivity contribution in [2.45, 2.75) is 24.7 Å². The van der Waals surface area contributed by atoms with E-state index in [0.717, 1.165) is 11.1 Å². The fraction of sp³-hybridized carbons (Fsp3) is 0.357. The van der Waals surface area contributed by atoms with Gasteiger partial charge in [-0.05, 0) is 35.9 Å². The summed E-state index contributed by atoms with van der Waals surface area (Å²) in [6.07, 6.45) is 5.87. The first-order valence-electron chi connectivity index (χ1n) is 6.21. The highest BCUT2D eigenvalue weighted by atomic mass is 16.4. The molecule has 0 heterocycles. The molecule has 0 aliphatic heterocycles. The Balaban J connectivity index is 2.18. The molecule has 19 heavy (non-hydrogen) atoms. The first kappa shape index (κ1) is 13.2. The summed E-state index contributed by atoms with van der Waals surface area (Å²) < 4.78 is 0. The average Bonchev–Trinajstić information content (AvgIpc) is 3.20. The first-order chi connectivity index (χ1) is 9.20. The van der Waals surface area contributed by atoms with Gasteiger partial charge in [0.15, 0.2) is 0 Å². The average molecular weight is 257 g/mol. The predicted molar refractivity (Wildman–Crippen MR) is 72.7 cm³/mol. The second-order valence-corrected chi connectivity index (χ2v) is 4.62. The van der Waals surface area contributed by atoms with Gasteiger partial charge in [-0.15, -0.1) is 0 Å². The number of carbonyl (C=O) groups is 1. The molecular formula is C14H15N3O2. The molecule has 1 N–H and O–H groups in total. The molecule has 5 heteroatoms. The van der Waals surface area contributed by atoms with Crippen molar-refractivity contribution >= 4 is 12.0 Å². The maximum absolute atomic E-state index is 11.4. The molecular weight excluding hydrogens is 242 g/mol. The number of rotatable bonds is 6. The van der Waals surface area contributed by atoms with E-state index in [1.54, 1.807) is 0 Å². The fourth-order valence-electron chi connectivity index (χ4n) is 2.19. The largest absolute Gasteiger partial charge is 0.481 e. The smallest absolute Gasteiger partial charge is 0.314 e. The summed E-state index contributed by atoms with van der Waals surface area (Å²) in [5.41, 5.74) is 9.29. The van der Waals surface area contributed by atoms with Crippen LogP contribution in [-0.2, 0) is 10.2 Å². The number of nitrogens with zero attached hydrogens (tertiary/aromatic N) is 3. The highest BCUT2D eigenvalue weighted by molar-refractivity contribution is 5.86. The number of hydrogen-bond acceptors (Lipinski definition) is 2. The first-order valence-corrected chi connectivity index (χ1v) is 6.21. The minimum absolute atomic E-state index is 0.416. The van der Waals surface area contributed by atoms with E-state index >= 15 is 0 Å². The van der Waals surface area contributed by atoms with E-state index in [1.165, 1.54) is 0 Å². The normalized spacial score (nSPS) is 16.0. The molecule has 0 bridgehead atoms. The van der Waals surface area contributed by atoms with Gasteiger partial charge in [0.25, 0.3) is 0 Å². The minimum atomic E-state index is -0.748. The van der Waals surface area contributed by atoms with Crippen LogP contribution in [0.5, 0.6) is 0 Å². The number of benzene rings is 1. The summed E-state index contributed by atoms with van der Waals surface area (Å²) in [5, 5.41) is 12.8. The molecule has 0 spiro atoms. The van der Waals surface area contributed by atoms with E-state index in [2.05, 4.69) is 10.0 Å². The highest BCUT2D eigenvalue weighted by Crippen LogP contribution is 2.49. The van der Waals surface area contributed by atoms with Gasteiger partial charge in [-0.1, -0.05) is 41.5 Å². The van der Waals surface area contributed by atoms with Gasteiger partial charge in [-0.2, -0.15) is 0 Å². The quantitative estimate of drug-likeness (QED) is 0.366. The van der Waals surface area contributed by atoms with Crippen molar-refractivity contribution in [3.8, 4) is 0 Å². The van der Waals surface area contributed by atoms with Crippen LogP contribution in [0, 0.1) is 0 Å². The summed E-state index contributed by atoms with van der Waals surface area (Å²) in [7, 11) is 0. The van der Waals surface area contributed by atoms with E-state index in [4.69, 9.17) is 5.53 Å². The zero-order valence-electron chi connectivity index (χ0n) is 10.5. The predicted octanol–water partition coefficient (Wildman–Crippen LogP) is 3.52. The minimum Gasteiger partial charge on any atom is -0.481 e. The molecule has 5 nitrogen and oxygen atoms in total. The number of carboxylic acids is 1. The van der Waals surface area contributed by atoms with E-state index in [9.17, 15) is 9.90 Å². The maximum Gasteiger partial charge on any atom is 0.314 e. The van der Waals surface area contributed by atoms with Crippen LogP contribution in [0.1, 0.15) is 30.4 Å². The molecule has 1 fully saturated rings. The molecule has 1 saturated carbocycles. The van der Waals surface area contributed by atoms with Crippen LogP contribution in [0.25, 0.3) is 16.5 Å². The lowest BCUT2D eigenvalue weighted by Crippen LogP contribution is -2.20. The molecule has 0 atom stereocenters. The molecule has 0 aromatic heterocycles. The van der Waals surface area contributed by atoms with Crippen molar-refractivity contribution in [3.63, 3.8) is 0 Å². The van der Waals surface area contributed by atoms with Gasteiger partial charge in [-0.25, -0.2) is 0 Å². The summed E-state index contributed by atoms with van der Waals surface area (Å²) in [6.45, 7) is 0.416. The van der Waals surface area contributed by atoms with Crippen LogP contribution in [0.3, 0.4) is 0 Å². The van der Waals surface area contributed by atoms with Crippen LogP contribution < -0.4 is 0 Å². The van der Waals surface area contributed by atoms with Gasteiger partial charge in [0.2, 0.25) is 0 Å². The van der Waals surface area contributed by atoms with Crippen LogP contribution in [0.15, 0.2) is 35.5 Å². The van der Waals surface area contributed by atoms with Gasteiger partial charge in [0, 0.05) is 11.5 Å². The third-order valence-electron chi connectivity index (χ3n) is 3.39. The van der Waals surface area contributed by atoms with Crippen molar-refractivity contribution in [3.05, 3.63) is 51.9 Å². The van der Waals surface area contributed by atoms with Gasteiger partial charge < -0.3 is 5.11 Å².